The third kappa shape index (κ3) is 31.6. The smallest absolute Gasteiger partial charge is 0.457 e. The summed E-state index contributed by atoms with van der Waals surface area (Å²) in [5.41, 5.74) is 0. The molecule has 0 spiro atoms. The van der Waals surface area contributed by atoms with Crippen LogP contribution in [0.15, 0.2) is 122 Å². The number of unbranched alkanes of at least 4 members (excludes halogenated alkanes) is 5. The Morgan fingerprint density at radius 2 is 0.875 bits per heavy atom. The molecule has 1 saturated carbocycles. The van der Waals surface area contributed by atoms with Gasteiger partial charge in [0.25, 0.3) is 0 Å². The van der Waals surface area contributed by atoms with Gasteiger partial charge in [-0.3, -0.25) is 13.8 Å². The number of esters is 1. The van der Waals surface area contributed by atoms with Crippen LogP contribution in [0.25, 0.3) is 0 Å². The first-order valence-corrected chi connectivity index (χ1v) is 24.9. The van der Waals surface area contributed by atoms with Crippen molar-refractivity contribution >= 4 is 13.8 Å². The van der Waals surface area contributed by atoms with E-state index < -0.39 is 63.1 Å². The van der Waals surface area contributed by atoms with Gasteiger partial charge in [0.05, 0.1) is 13.2 Å². The average Bonchev–Trinajstić information content (AvgIpc) is 3.28. The van der Waals surface area contributed by atoms with Crippen molar-refractivity contribution in [2.75, 3.05) is 19.8 Å². The molecule has 0 aromatic heterocycles. The molecule has 1 aliphatic carbocycles. The van der Waals surface area contributed by atoms with Crippen LogP contribution in [0, 0.1) is 0 Å². The molecule has 12 nitrogen and oxygen atoms in total. The lowest BCUT2D eigenvalue weighted by Crippen LogP contribution is -2.64. The second-order valence-corrected chi connectivity index (χ2v) is 16.9. The van der Waals surface area contributed by atoms with Gasteiger partial charge in [0, 0.05) is 13.0 Å². The molecule has 13 heteroatoms. The summed E-state index contributed by atoms with van der Waals surface area (Å²) in [6.07, 6.45) is 45.6. The molecule has 0 saturated heterocycles. The molecule has 6 unspecified atom stereocenters. The van der Waals surface area contributed by atoms with Crippen molar-refractivity contribution in [1.82, 2.24) is 0 Å². The van der Waals surface area contributed by atoms with E-state index in [0.717, 1.165) is 103 Å². The summed E-state index contributed by atoms with van der Waals surface area (Å²) < 4.78 is 34.1. The Morgan fingerprint density at radius 3 is 1.30 bits per heavy atom. The number of phosphoric ester groups is 1. The highest BCUT2D eigenvalue weighted by atomic mass is 31.2. The van der Waals surface area contributed by atoms with Crippen molar-refractivity contribution in [1.29, 1.82) is 0 Å². The number of allylic oxidation sites excluding steroid dienone is 20. The van der Waals surface area contributed by atoms with Gasteiger partial charge < -0.3 is 39.9 Å². The summed E-state index contributed by atoms with van der Waals surface area (Å²) in [4.78, 5) is 23.1. The van der Waals surface area contributed by atoms with Gasteiger partial charge in [-0.1, -0.05) is 142 Å². The topological polar surface area (TPSA) is 192 Å². The van der Waals surface area contributed by atoms with Gasteiger partial charge in [-0.05, 0) is 103 Å². The predicted octanol–water partition coefficient (Wildman–Crippen LogP) is 9.86. The molecule has 362 valence electrons. The number of carbonyl (C=O) groups is 1. The molecule has 0 radical (unpaired) electrons. The van der Waals surface area contributed by atoms with Crippen LogP contribution in [-0.4, -0.2) is 98.9 Å². The maximum atomic E-state index is 12.8. The lowest BCUT2D eigenvalue weighted by Gasteiger charge is -2.41. The molecular weight excluding hydrogens is 836 g/mol. The molecule has 1 rings (SSSR count). The Morgan fingerprint density at radius 1 is 0.500 bits per heavy atom. The van der Waals surface area contributed by atoms with Crippen molar-refractivity contribution in [3.8, 4) is 0 Å². The van der Waals surface area contributed by atoms with Gasteiger partial charge in [0.1, 0.15) is 42.7 Å². The molecule has 0 aromatic carbocycles. The van der Waals surface area contributed by atoms with Gasteiger partial charge in [-0.15, -0.1) is 0 Å². The summed E-state index contributed by atoms with van der Waals surface area (Å²) in [5, 5.41) is 50.2. The highest BCUT2D eigenvalue weighted by Gasteiger charge is 2.51. The maximum Gasteiger partial charge on any atom is 0.472 e. The van der Waals surface area contributed by atoms with Crippen LogP contribution in [0.4, 0.5) is 0 Å². The molecule has 0 bridgehead atoms. The molecule has 1 fully saturated rings. The average molecular weight is 917 g/mol. The van der Waals surface area contributed by atoms with Crippen LogP contribution in [0.5, 0.6) is 0 Å². The fraction of sp³-hybridized carbons (Fsp3) is 0.588. The van der Waals surface area contributed by atoms with E-state index in [1.807, 2.05) is 0 Å². The fourth-order valence-corrected chi connectivity index (χ4v) is 7.14. The summed E-state index contributed by atoms with van der Waals surface area (Å²) in [5.74, 6) is -0.536. The Kier molecular flexibility index (Phi) is 36.8. The number of aliphatic hydroxyl groups is 5. The summed E-state index contributed by atoms with van der Waals surface area (Å²) in [6.45, 7) is 3.87. The van der Waals surface area contributed by atoms with Crippen LogP contribution in [0.2, 0.25) is 0 Å². The minimum atomic E-state index is -5.05. The molecule has 0 amide bonds. The minimum Gasteiger partial charge on any atom is -0.457 e. The SMILES string of the molecule is CC/C=C\C/C=C\C/C=C\C/C=C\C/C=C\C/C=C\CCCCCOCC(COP(=O)(O)OC1C(O)C(O)C(O)C(O)C1O)OC(=O)CCCC/C=C\C/C=C\C/C=C\C/C=C\CC. The van der Waals surface area contributed by atoms with Gasteiger partial charge >= 0.3 is 13.8 Å². The number of hydrogen-bond donors (Lipinski definition) is 6. The van der Waals surface area contributed by atoms with Crippen LogP contribution >= 0.6 is 7.82 Å². The van der Waals surface area contributed by atoms with Crippen LogP contribution < -0.4 is 0 Å². The minimum absolute atomic E-state index is 0.116. The molecule has 1 aliphatic rings. The van der Waals surface area contributed by atoms with E-state index >= 15 is 0 Å². The van der Waals surface area contributed by atoms with E-state index in [-0.39, 0.29) is 13.0 Å². The maximum absolute atomic E-state index is 12.8. The third-order valence-corrected chi connectivity index (χ3v) is 10.8. The van der Waals surface area contributed by atoms with Gasteiger partial charge in [-0.25, -0.2) is 4.57 Å². The third-order valence-electron chi connectivity index (χ3n) is 9.83. The van der Waals surface area contributed by atoms with Crippen molar-refractivity contribution in [3.63, 3.8) is 0 Å². The van der Waals surface area contributed by atoms with Crippen LogP contribution in [0.1, 0.15) is 129 Å². The first kappa shape index (κ1) is 58.8. The number of ether oxygens (including phenoxy) is 2. The number of rotatable bonds is 37. The zero-order valence-electron chi connectivity index (χ0n) is 38.5. The Hall–Kier alpha value is -3.26. The van der Waals surface area contributed by atoms with E-state index in [0.29, 0.717) is 13.0 Å². The van der Waals surface area contributed by atoms with E-state index in [4.69, 9.17) is 18.5 Å². The van der Waals surface area contributed by atoms with Crippen LogP contribution in [-0.2, 0) is 27.9 Å². The lowest BCUT2D eigenvalue weighted by molar-refractivity contribution is -0.220. The molecule has 6 N–H and O–H groups in total. The van der Waals surface area contributed by atoms with Crippen molar-refractivity contribution in [2.45, 2.75) is 172 Å². The standard InChI is InChI=1S/C51H81O12P/c1-3-5-7-9-11-13-15-17-19-20-21-22-23-24-25-27-29-31-33-35-37-39-41-60-42-44(43-61-64(58,59)63-51-49(56)47(54)46(53)48(55)50(51)57)62-45(52)40-38-36-34-32-30-28-26-18-16-14-12-10-8-6-4-2/h5-8,11-14,17-19,21-22,24-26,29-32,44,46-51,53-57H,3-4,9-10,15-16,20,23,27-28,33-43H2,1-2H3,(H,58,59)/b7-5-,8-6-,13-11-,14-12-,19-17-,22-21-,25-24-,26-18-,31-29-,32-30-. The van der Waals surface area contributed by atoms with Crippen molar-refractivity contribution in [3.05, 3.63) is 122 Å². The lowest BCUT2D eigenvalue weighted by atomic mass is 9.85. The molecule has 0 aliphatic heterocycles. The number of aliphatic hydroxyl groups excluding tert-OH is 5. The molecule has 6 atom stereocenters. The zero-order chi connectivity index (χ0) is 46.9. The van der Waals surface area contributed by atoms with E-state index in [1.165, 1.54) is 0 Å². The Labute approximate surface area is 384 Å². The number of phosphoric acid groups is 1. The number of carbonyl (C=O) groups excluding carboxylic acids is 1. The molecule has 0 heterocycles. The van der Waals surface area contributed by atoms with E-state index in [2.05, 4.69) is 135 Å². The zero-order valence-corrected chi connectivity index (χ0v) is 39.4. The predicted molar refractivity (Wildman–Crippen MR) is 257 cm³/mol. The molecular formula is C51H81O12P. The van der Waals surface area contributed by atoms with E-state index in [1.54, 1.807) is 0 Å². The first-order valence-electron chi connectivity index (χ1n) is 23.4. The van der Waals surface area contributed by atoms with Gasteiger partial charge in [-0.2, -0.15) is 0 Å². The quantitative estimate of drug-likeness (QED) is 0.0150. The van der Waals surface area contributed by atoms with Gasteiger partial charge in [0.15, 0.2) is 0 Å². The molecule has 0 aromatic rings. The summed E-state index contributed by atoms with van der Waals surface area (Å²) in [7, 11) is -5.05. The van der Waals surface area contributed by atoms with Crippen LogP contribution in [0.3, 0.4) is 0 Å². The highest BCUT2D eigenvalue weighted by Crippen LogP contribution is 2.47. The second kappa shape index (κ2) is 40.1. The first-order chi connectivity index (χ1) is 31.0. The summed E-state index contributed by atoms with van der Waals surface area (Å²) in [6, 6.07) is 0. The largest absolute Gasteiger partial charge is 0.472 e. The Balaban J connectivity index is 2.45. The highest BCUT2D eigenvalue weighted by molar-refractivity contribution is 7.47. The molecule has 64 heavy (non-hydrogen) atoms. The summed E-state index contributed by atoms with van der Waals surface area (Å²) >= 11 is 0. The van der Waals surface area contributed by atoms with Crippen molar-refractivity contribution in [2.24, 2.45) is 0 Å². The van der Waals surface area contributed by atoms with Gasteiger partial charge in [0.2, 0.25) is 0 Å². The monoisotopic (exact) mass is 917 g/mol. The second-order valence-electron chi connectivity index (χ2n) is 15.5. The fourth-order valence-electron chi connectivity index (χ4n) is 6.17. The van der Waals surface area contributed by atoms with E-state index in [9.17, 15) is 39.8 Å². The normalized spacial score (nSPS) is 22.8. The number of hydrogen-bond acceptors (Lipinski definition) is 11. The Bertz CT molecular complexity index is 1510. The van der Waals surface area contributed by atoms with Crippen molar-refractivity contribution < 1.29 is 58.3 Å².